The van der Waals surface area contributed by atoms with Gasteiger partial charge in [-0.25, -0.2) is 4.68 Å². The molecule has 1 fully saturated rings. The first-order chi connectivity index (χ1) is 18.2. The van der Waals surface area contributed by atoms with Crippen LogP contribution in [-0.4, -0.2) is 41.2 Å². The van der Waals surface area contributed by atoms with Crippen molar-refractivity contribution in [3.05, 3.63) is 71.5 Å². The van der Waals surface area contributed by atoms with Crippen LogP contribution in [0.2, 0.25) is 0 Å². The molecule has 0 bridgehead atoms. The summed E-state index contributed by atoms with van der Waals surface area (Å²) in [5, 5.41) is 23.4. The Bertz CT molecular complexity index is 1480. The molecule has 0 radical (unpaired) electrons. The highest BCUT2D eigenvalue weighted by molar-refractivity contribution is 5.92. The second-order valence-electron chi connectivity index (χ2n) is 10.5. The van der Waals surface area contributed by atoms with E-state index < -0.39 is 17.2 Å². The SMILES string of the molecule is CC(C)(O)Cn1ccc(NC(=O)C(CC2CCCC2)n2ncc(Oc3cccc4cnccc34)cc2=O)n1. The molecule has 0 saturated heterocycles. The quantitative estimate of drug-likeness (QED) is 0.340. The van der Waals surface area contributed by atoms with E-state index in [4.69, 9.17) is 4.74 Å². The van der Waals surface area contributed by atoms with Crippen molar-refractivity contribution >= 4 is 22.5 Å². The molecule has 0 spiro atoms. The maximum absolute atomic E-state index is 13.4. The van der Waals surface area contributed by atoms with Gasteiger partial charge in [0.2, 0.25) is 0 Å². The highest BCUT2D eigenvalue weighted by atomic mass is 16.5. The number of fused-ring (bicyclic) bond motifs is 1. The second kappa shape index (κ2) is 10.7. The number of benzene rings is 1. The number of hydrogen-bond donors (Lipinski definition) is 2. The van der Waals surface area contributed by atoms with Crippen molar-refractivity contribution in [3.63, 3.8) is 0 Å². The van der Waals surface area contributed by atoms with Gasteiger partial charge in [-0.2, -0.15) is 10.2 Å². The first kappa shape index (κ1) is 25.6. The number of carbonyl (C=O) groups is 1. The van der Waals surface area contributed by atoms with E-state index in [1.807, 2.05) is 24.3 Å². The number of anilines is 1. The summed E-state index contributed by atoms with van der Waals surface area (Å²) >= 11 is 0. The average molecular weight is 517 g/mol. The molecule has 1 unspecified atom stereocenters. The number of pyridine rings is 1. The smallest absolute Gasteiger partial charge is 0.271 e. The topological polar surface area (TPSA) is 124 Å². The molecule has 1 amide bonds. The number of amides is 1. The number of rotatable bonds is 9. The van der Waals surface area contributed by atoms with Gasteiger partial charge in [0.15, 0.2) is 11.6 Å². The average Bonchev–Trinajstić information content (AvgIpc) is 3.54. The molecule has 10 heteroatoms. The monoisotopic (exact) mass is 516 g/mol. The van der Waals surface area contributed by atoms with Gasteiger partial charge in [-0.1, -0.05) is 37.8 Å². The van der Waals surface area contributed by atoms with E-state index in [2.05, 4.69) is 20.5 Å². The van der Waals surface area contributed by atoms with Gasteiger partial charge >= 0.3 is 0 Å². The number of aromatic nitrogens is 5. The minimum Gasteiger partial charge on any atom is -0.455 e. The lowest BCUT2D eigenvalue weighted by atomic mass is 9.98. The number of carbonyl (C=O) groups excluding carboxylic acids is 1. The van der Waals surface area contributed by atoms with Gasteiger partial charge in [0.05, 0.1) is 18.3 Å². The molecular formula is C28H32N6O4. The van der Waals surface area contributed by atoms with Crippen LogP contribution in [0.5, 0.6) is 11.5 Å². The van der Waals surface area contributed by atoms with Crippen molar-refractivity contribution in [3.8, 4) is 11.5 Å². The molecule has 1 saturated carbocycles. The van der Waals surface area contributed by atoms with E-state index in [9.17, 15) is 14.7 Å². The fraction of sp³-hybridized carbons (Fsp3) is 0.393. The first-order valence-electron chi connectivity index (χ1n) is 12.9. The first-order valence-corrected chi connectivity index (χ1v) is 12.9. The zero-order valence-corrected chi connectivity index (χ0v) is 21.6. The fourth-order valence-corrected chi connectivity index (χ4v) is 5.00. The number of nitrogens with zero attached hydrogens (tertiary/aromatic N) is 5. The van der Waals surface area contributed by atoms with E-state index in [0.29, 0.717) is 29.7 Å². The van der Waals surface area contributed by atoms with Gasteiger partial charge in [-0.05, 0) is 38.3 Å². The third kappa shape index (κ3) is 6.08. The highest BCUT2D eigenvalue weighted by Gasteiger charge is 2.29. The fourth-order valence-electron chi connectivity index (χ4n) is 5.00. The summed E-state index contributed by atoms with van der Waals surface area (Å²) < 4.78 is 8.81. The molecule has 5 rings (SSSR count). The second-order valence-corrected chi connectivity index (χ2v) is 10.5. The van der Waals surface area contributed by atoms with E-state index in [1.165, 1.54) is 16.9 Å². The number of aliphatic hydroxyl groups is 1. The van der Waals surface area contributed by atoms with Gasteiger partial charge in [0.25, 0.3) is 11.5 Å². The molecule has 3 aromatic heterocycles. The molecular weight excluding hydrogens is 484 g/mol. The summed E-state index contributed by atoms with van der Waals surface area (Å²) in [4.78, 5) is 30.8. The van der Waals surface area contributed by atoms with Crippen LogP contribution in [0.25, 0.3) is 10.8 Å². The van der Waals surface area contributed by atoms with Crippen molar-refractivity contribution in [2.45, 2.75) is 64.1 Å². The molecule has 3 heterocycles. The highest BCUT2D eigenvalue weighted by Crippen LogP contribution is 2.32. The summed E-state index contributed by atoms with van der Waals surface area (Å²) in [6, 6.07) is 9.71. The van der Waals surface area contributed by atoms with Gasteiger partial charge in [0, 0.05) is 41.5 Å². The Hall–Kier alpha value is -4.05. The lowest BCUT2D eigenvalue weighted by molar-refractivity contribution is -0.120. The van der Waals surface area contributed by atoms with Gasteiger partial charge in [0.1, 0.15) is 11.8 Å². The van der Waals surface area contributed by atoms with E-state index in [0.717, 1.165) is 36.5 Å². The molecule has 2 N–H and O–H groups in total. The van der Waals surface area contributed by atoms with Crippen molar-refractivity contribution in [1.29, 1.82) is 0 Å². The maximum atomic E-state index is 13.4. The standard InChI is InChI=1S/C28H32N6O4/c1-28(2,37)18-33-13-11-25(32-33)31-27(36)23(14-19-6-3-4-7-19)34-26(35)15-21(17-30-34)38-24-9-5-8-20-16-29-12-10-22(20)24/h5,8-13,15-17,19,23,37H,3-4,6-7,14,18H2,1-2H3,(H,31,32,36). The maximum Gasteiger partial charge on any atom is 0.271 e. The summed E-state index contributed by atoms with van der Waals surface area (Å²) in [6.07, 6.45) is 11.4. The molecule has 198 valence electrons. The summed E-state index contributed by atoms with van der Waals surface area (Å²) in [7, 11) is 0. The molecule has 1 atom stereocenters. The van der Waals surface area contributed by atoms with E-state index in [-0.39, 0.29) is 12.5 Å². The van der Waals surface area contributed by atoms with Crippen LogP contribution in [0.3, 0.4) is 0 Å². The Labute approximate surface area is 220 Å². The Morgan fingerprint density at radius 3 is 2.79 bits per heavy atom. The Balaban J connectivity index is 1.38. The van der Waals surface area contributed by atoms with Crippen molar-refractivity contribution < 1.29 is 14.6 Å². The Kier molecular flexibility index (Phi) is 7.24. The van der Waals surface area contributed by atoms with Gasteiger partial charge in [-0.15, -0.1) is 0 Å². The summed E-state index contributed by atoms with van der Waals surface area (Å²) in [5.74, 6) is 1.23. The molecule has 1 aromatic carbocycles. The van der Waals surface area contributed by atoms with E-state index >= 15 is 0 Å². The zero-order chi connectivity index (χ0) is 26.7. The molecule has 1 aliphatic carbocycles. The van der Waals surface area contributed by atoms with E-state index in [1.54, 1.807) is 43.2 Å². The zero-order valence-electron chi connectivity index (χ0n) is 21.6. The third-order valence-corrected chi connectivity index (χ3v) is 6.74. The van der Waals surface area contributed by atoms with Gasteiger partial charge < -0.3 is 15.2 Å². The summed E-state index contributed by atoms with van der Waals surface area (Å²) in [6.45, 7) is 3.66. The number of nitrogens with one attached hydrogen (secondary N) is 1. The largest absolute Gasteiger partial charge is 0.455 e. The van der Waals surface area contributed by atoms with Crippen LogP contribution in [0.1, 0.15) is 52.0 Å². The van der Waals surface area contributed by atoms with Crippen LogP contribution in [-0.2, 0) is 11.3 Å². The van der Waals surface area contributed by atoms with Crippen LogP contribution in [0.4, 0.5) is 5.82 Å². The van der Waals surface area contributed by atoms with Crippen LogP contribution in [0.15, 0.2) is 66.0 Å². The molecule has 0 aliphatic heterocycles. The third-order valence-electron chi connectivity index (χ3n) is 6.74. The molecule has 38 heavy (non-hydrogen) atoms. The molecule has 4 aromatic rings. The minimum atomic E-state index is -0.942. The predicted octanol–water partition coefficient (Wildman–Crippen LogP) is 4.31. The summed E-state index contributed by atoms with van der Waals surface area (Å²) in [5.41, 5.74) is -1.36. The van der Waals surface area contributed by atoms with Crippen molar-refractivity contribution in [1.82, 2.24) is 24.5 Å². The molecule has 10 nitrogen and oxygen atoms in total. The lowest BCUT2D eigenvalue weighted by Gasteiger charge is -2.21. The minimum absolute atomic E-state index is 0.282. The lowest BCUT2D eigenvalue weighted by Crippen LogP contribution is -2.36. The number of hydrogen-bond acceptors (Lipinski definition) is 7. The van der Waals surface area contributed by atoms with Gasteiger partial charge in [-0.3, -0.25) is 19.3 Å². The Morgan fingerprint density at radius 2 is 2.03 bits per heavy atom. The number of ether oxygens (including phenoxy) is 1. The van der Waals surface area contributed by atoms with Crippen LogP contribution >= 0.6 is 0 Å². The van der Waals surface area contributed by atoms with Crippen molar-refractivity contribution in [2.24, 2.45) is 5.92 Å². The van der Waals surface area contributed by atoms with Crippen LogP contribution in [0, 0.1) is 5.92 Å². The molecule has 1 aliphatic rings. The Morgan fingerprint density at radius 1 is 1.21 bits per heavy atom. The predicted molar refractivity (Wildman–Crippen MR) is 143 cm³/mol. The van der Waals surface area contributed by atoms with Crippen LogP contribution < -0.4 is 15.6 Å². The van der Waals surface area contributed by atoms with Crippen molar-refractivity contribution in [2.75, 3.05) is 5.32 Å². The normalized spacial score (nSPS) is 15.0.